The zero-order valence-electron chi connectivity index (χ0n) is 8.36. The normalized spacial score (nSPS) is 33.9. The van der Waals surface area contributed by atoms with E-state index in [1.165, 1.54) is 0 Å². The van der Waals surface area contributed by atoms with Crippen LogP contribution in [0.2, 0.25) is 0 Å². The van der Waals surface area contributed by atoms with E-state index < -0.39 is 20.5 Å². The molecule has 0 N–H and O–H groups in total. The Kier molecular flexibility index (Phi) is 3.23. The molecule has 2 rings (SSSR count). The van der Waals surface area contributed by atoms with Crippen molar-refractivity contribution >= 4 is 20.5 Å². The van der Waals surface area contributed by atoms with Gasteiger partial charge in [-0.1, -0.05) is 0 Å². The quantitative estimate of drug-likeness (QED) is 0.611. The van der Waals surface area contributed by atoms with Crippen LogP contribution in [0.1, 0.15) is 6.42 Å². The lowest BCUT2D eigenvalue weighted by atomic mass is 9.98. The van der Waals surface area contributed by atoms with Crippen LogP contribution in [0.15, 0.2) is 0 Å². The first-order chi connectivity index (χ1) is 7.36. The van der Waals surface area contributed by atoms with E-state index in [0.29, 0.717) is 6.42 Å². The molecule has 0 aromatic heterocycles. The van der Waals surface area contributed by atoms with Crippen molar-refractivity contribution in [1.82, 2.24) is 0 Å². The highest BCUT2D eigenvalue weighted by molar-refractivity contribution is 7.86. The van der Waals surface area contributed by atoms with Crippen LogP contribution in [0.4, 0.5) is 0 Å². The van der Waals surface area contributed by atoms with Crippen molar-refractivity contribution in [1.29, 1.82) is 0 Å². The molecule has 0 aromatic rings. The first kappa shape index (κ1) is 12.2. The summed E-state index contributed by atoms with van der Waals surface area (Å²) in [7, 11) is -7.19. The van der Waals surface area contributed by atoms with Crippen molar-refractivity contribution in [2.45, 2.75) is 6.42 Å². The summed E-state index contributed by atoms with van der Waals surface area (Å²) >= 11 is 0. The maximum Gasteiger partial charge on any atom is 0.399 e. The Hall–Kier alpha value is -0.220. The highest BCUT2D eigenvalue weighted by atomic mass is 32.3. The van der Waals surface area contributed by atoms with Crippen LogP contribution in [0.3, 0.4) is 0 Å². The van der Waals surface area contributed by atoms with E-state index in [1.807, 2.05) is 0 Å². The van der Waals surface area contributed by atoms with Gasteiger partial charge in [0.05, 0.1) is 25.6 Å². The molecule has 2 aliphatic heterocycles. The van der Waals surface area contributed by atoms with E-state index >= 15 is 0 Å². The van der Waals surface area contributed by atoms with Gasteiger partial charge in [-0.05, 0) is 6.42 Å². The predicted octanol–water partition coefficient (Wildman–Crippen LogP) is -0.739. The minimum absolute atomic E-state index is 0.0176. The lowest BCUT2D eigenvalue weighted by molar-refractivity contribution is 0.0877. The van der Waals surface area contributed by atoms with Gasteiger partial charge >= 0.3 is 10.4 Å². The average molecular weight is 272 g/mol. The summed E-state index contributed by atoms with van der Waals surface area (Å²) in [5.74, 6) is -0.232. The van der Waals surface area contributed by atoms with Crippen molar-refractivity contribution in [3.05, 3.63) is 0 Å². The average Bonchev–Trinajstić information content (AvgIpc) is 2.50. The van der Waals surface area contributed by atoms with Gasteiger partial charge in [0.2, 0.25) is 0 Å². The fourth-order valence-electron chi connectivity index (χ4n) is 1.77. The minimum atomic E-state index is -3.82. The largest absolute Gasteiger partial charge is 0.399 e. The van der Waals surface area contributed by atoms with E-state index in [-0.39, 0.29) is 37.4 Å². The maximum atomic E-state index is 11.0. The molecule has 2 aliphatic rings. The standard InChI is InChI=1S/C7H12O7S2/c8-15(9)5-7(4-12-15)1-6-2-13-16(10,11)14-3-6/h6-7H,1-5H2. The monoisotopic (exact) mass is 272 g/mol. The van der Waals surface area contributed by atoms with Gasteiger partial charge in [-0.3, -0.25) is 4.18 Å². The summed E-state index contributed by atoms with van der Waals surface area (Å²) in [5, 5.41) is 0. The van der Waals surface area contributed by atoms with Crippen molar-refractivity contribution in [2.24, 2.45) is 11.8 Å². The highest BCUT2D eigenvalue weighted by Crippen LogP contribution is 2.25. The lowest BCUT2D eigenvalue weighted by Crippen LogP contribution is -2.30. The Morgan fingerprint density at radius 3 is 1.94 bits per heavy atom. The van der Waals surface area contributed by atoms with Crippen LogP contribution in [0.5, 0.6) is 0 Å². The fourth-order valence-corrected chi connectivity index (χ4v) is 3.86. The van der Waals surface area contributed by atoms with E-state index in [0.717, 1.165) is 0 Å². The molecule has 0 amide bonds. The zero-order valence-corrected chi connectivity index (χ0v) is 10.00. The molecule has 0 radical (unpaired) electrons. The molecule has 2 saturated heterocycles. The summed E-state index contributed by atoms with van der Waals surface area (Å²) in [6, 6.07) is 0. The molecule has 1 unspecified atom stereocenters. The van der Waals surface area contributed by atoms with Crippen molar-refractivity contribution in [3.63, 3.8) is 0 Å². The van der Waals surface area contributed by atoms with Crippen LogP contribution in [0.25, 0.3) is 0 Å². The van der Waals surface area contributed by atoms with Gasteiger partial charge in [0.15, 0.2) is 0 Å². The summed E-state index contributed by atoms with van der Waals surface area (Å²) in [6.07, 6.45) is 0.523. The second kappa shape index (κ2) is 4.22. The van der Waals surface area contributed by atoms with E-state index in [1.54, 1.807) is 0 Å². The Balaban J connectivity index is 1.84. The fraction of sp³-hybridized carbons (Fsp3) is 1.00. The van der Waals surface area contributed by atoms with E-state index in [4.69, 9.17) is 0 Å². The number of hydrogen-bond donors (Lipinski definition) is 0. The molecule has 0 aromatic carbocycles. The minimum Gasteiger partial charge on any atom is -0.270 e. The number of rotatable bonds is 2. The third-order valence-corrected chi connectivity index (χ3v) is 4.71. The second-order valence-electron chi connectivity index (χ2n) is 3.95. The third kappa shape index (κ3) is 3.14. The zero-order chi connectivity index (χ0) is 11.8. The Morgan fingerprint density at radius 2 is 1.44 bits per heavy atom. The molecule has 2 fully saturated rings. The first-order valence-electron chi connectivity index (χ1n) is 4.77. The molecule has 94 valence electrons. The van der Waals surface area contributed by atoms with Gasteiger partial charge in [0.1, 0.15) is 0 Å². The molecule has 0 aliphatic carbocycles. The molecule has 7 nitrogen and oxygen atoms in total. The van der Waals surface area contributed by atoms with Gasteiger partial charge in [-0.25, -0.2) is 8.37 Å². The van der Waals surface area contributed by atoms with Gasteiger partial charge < -0.3 is 0 Å². The molecule has 1 atom stereocenters. The van der Waals surface area contributed by atoms with Gasteiger partial charge in [0, 0.05) is 11.8 Å². The molecule has 0 spiro atoms. The second-order valence-corrected chi connectivity index (χ2v) is 6.93. The Labute approximate surface area is 94.1 Å². The molecular formula is C7H12O7S2. The van der Waals surface area contributed by atoms with Gasteiger partial charge in [0.25, 0.3) is 10.1 Å². The molecule has 16 heavy (non-hydrogen) atoms. The summed E-state index contributed by atoms with van der Waals surface area (Å²) in [5.41, 5.74) is 0. The van der Waals surface area contributed by atoms with Crippen molar-refractivity contribution in [2.75, 3.05) is 25.6 Å². The summed E-state index contributed by atoms with van der Waals surface area (Å²) in [6.45, 7) is 0.239. The predicted molar refractivity (Wildman–Crippen MR) is 52.2 cm³/mol. The molecule has 2 heterocycles. The number of hydrogen-bond acceptors (Lipinski definition) is 7. The summed E-state index contributed by atoms with van der Waals surface area (Å²) < 4.78 is 57.2. The van der Waals surface area contributed by atoms with E-state index in [9.17, 15) is 16.8 Å². The molecule has 0 saturated carbocycles. The topological polar surface area (TPSA) is 96.0 Å². The highest BCUT2D eigenvalue weighted by Gasteiger charge is 2.33. The van der Waals surface area contributed by atoms with Crippen LogP contribution >= 0.6 is 0 Å². The van der Waals surface area contributed by atoms with Crippen molar-refractivity contribution in [3.8, 4) is 0 Å². The third-order valence-electron chi connectivity index (χ3n) is 2.49. The Morgan fingerprint density at radius 1 is 0.875 bits per heavy atom. The molecule has 9 heteroatoms. The van der Waals surface area contributed by atoms with Crippen LogP contribution in [-0.2, 0) is 33.1 Å². The van der Waals surface area contributed by atoms with Gasteiger partial charge in [-0.15, -0.1) is 0 Å². The maximum absolute atomic E-state index is 11.0. The Bertz CT molecular complexity index is 437. The summed E-state index contributed by atoms with van der Waals surface area (Å²) in [4.78, 5) is 0. The van der Waals surface area contributed by atoms with Gasteiger partial charge in [-0.2, -0.15) is 16.8 Å². The lowest BCUT2D eigenvalue weighted by Gasteiger charge is -2.22. The SMILES string of the molecule is O=S1(=O)CC(CC2COS(=O)(=O)OC2)CO1. The molecule has 0 bridgehead atoms. The van der Waals surface area contributed by atoms with Crippen LogP contribution < -0.4 is 0 Å². The first-order valence-corrected chi connectivity index (χ1v) is 7.68. The van der Waals surface area contributed by atoms with E-state index in [2.05, 4.69) is 12.5 Å². The van der Waals surface area contributed by atoms with Crippen LogP contribution in [-0.4, -0.2) is 42.4 Å². The van der Waals surface area contributed by atoms with Crippen molar-refractivity contribution < 1.29 is 29.4 Å². The molecular weight excluding hydrogens is 260 g/mol. The van der Waals surface area contributed by atoms with Crippen LogP contribution in [0, 0.1) is 11.8 Å². The smallest absolute Gasteiger partial charge is 0.270 e.